The fraction of sp³-hybridized carbons (Fsp3) is 0.357. The highest BCUT2D eigenvalue weighted by Gasteiger charge is 2.31. The average Bonchev–Trinajstić information content (AvgIpc) is 3.01. The van der Waals surface area contributed by atoms with E-state index in [9.17, 15) is 9.90 Å². The highest BCUT2D eigenvalue weighted by molar-refractivity contribution is 7.99. The van der Waals surface area contributed by atoms with Gasteiger partial charge in [0.15, 0.2) is 0 Å². The topological polar surface area (TPSA) is 88.2 Å². The predicted molar refractivity (Wildman–Crippen MR) is 76.8 cm³/mol. The quantitative estimate of drug-likeness (QED) is 0.826. The first-order valence-electron chi connectivity index (χ1n) is 6.61. The van der Waals surface area contributed by atoms with Crippen LogP contribution in [-0.2, 0) is 11.2 Å². The summed E-state index contributed by atoms with van der Waals surface area (Å²) < 4.78 is 5.19. The van der Waals surface area contributed by atoms with Crippen LogP contribution in [0.25, 0.3) is 0 Å². The number of hydrogen-bond acceptors (Lipinski definition) is 6. The lowest BCUT2D eigenvalue weighted by Crippen LogP contribution is -2.34. The molecule has 1 aliphatic rings. The Balaban J connectivity index is 1.60. The van der Waals surface area contributed by atoms with Crippen LogP contribution in [0.3, 0.4) is 0 Å². The lowest BCUT2D eigenvalue weighted by molar-refractivity contribution is -0.120. The lowest BCUT2D eigenvalue weighted by atomic mass is 10.1. The summed E-state index contributed by atoms with van der Waals surface area (Å²) in [7, 11) is 0. The third kappa shape index (κ3) is 3.08. The Hall–Kier alpha value is -1.86. The number of amides is 1. The van der Waals surface area contributed by atoms with Crippen molar-refractivity contribution in [1.29, 1.82) is 0 Å². The Morgan fingerprint density at radius 1 is 1.48 bits per heavy atom. The number of aliphatic hydroxyl groups is 1. The second-order valence-electron chi connectivity index (χ2n) is 4.89. The Bertz CT molecular complexity index is 658. The molecule has 0 unspecified atom stereocenters. The number of carbonyl (C=O) groups excluding carboxylic acids is 1. The van der Waals surface area contributed by atoms with Gasteiger partial charge in [0, 0.05) is 13.3 Å². The molecule has 1 amide bonds. The highest BCUT2D eigenvalue weighted by Crippen LogP contribution is 2.31. The van der Waals surface area contributed by atoms with Crippen molar-refractivity contribution < 1.29 is 14.3 Å². The molecule has 2 atom stereocenters. The van der Waals surface area contributed by atoms with Crippen molar-refractivity contribution in [2.75, 3.05) is 5.75 Å². The molecule has 0 aliphatic heterocycles. The first-order chi connectivity index (χ1) is 10.1. The van der Waals surface area contributed by atoms with E-state index in [-0.39, 0.29) is 17.7 Å². The maximum atomic E-state index is 12.0. The Kier molecular flexibility index (Phi) is 3.94. The number of benzene rings is 1. The van der Waals surface area contributed by atoms with Crippen molar-refractivity contribution in [2.24, 2.45) is 0 Å². The zero-order valence-electron chi connectivity index (χ0n) is 11.4. The smallest absolute Gasteiger partial charge is 0.277 e. The molecule has 6 nitrogen and oxygen atoms in total. The van der Waals surface area contributed by atoms with E-state index >= 15 is 0 Å². The monoisotopic (exact) mass is 305 g/mol. The van der Waals surface area contributed by atoms with E-state index in [0.717, 1.165) is 11.1 Å². The lowest BCUT2D eigenvalue weighted by Gasteiger charge is -2.17. The van der Waals surface area contributed by atoms with Gasteiger partial charge in [-0.25, -0.2) is 0 Å². The third-order valence-electron chi connectivity index (χ3n) is 3.35. The van der Waals surface area contributed by atoms with Crippen LogP contribution in [0.15, 0.2) is 33.9 Å². The van der Waals surface area contributed by atoms with Gasteiger partial charge in [0.1, 0.15) is 0 Å². The van der Waals surface area contributed by atoms with Crippen LogP contribution >= 0.6 is 11.8 Å². The second-order valence-corrected chi connectivity index (χ2v) is 5.82. The fourth-order valence-electron chi connectivity index (χ4n) is 2.43. The number of nitrogens with one attached hydrogen (secondary N) is 1. The van der Waals surface area contributed by atoms with Gasteiger partial charge in [-0.05, 0) is 11.1 Å². The number of aliphatic hydroxyl groups excluding tert-OH is 1. The molecule has 1 aromatic carbocycles. The number of rotatable bonds is 4. The van der Waals surface area contributed by atoms with Crippen molar-refractivity contribution in [2.45, 2.75) is 30.7 Å². The van der Waals surface area contributed by atoms with E-state index in [4.69, 9.17) is 4.42 Å². The maximum absolute atomic E-state index is 12.0. The van der Waals surface area contributed by atoms with E-state index < -0.39 is 6.10 Å². The largest absolute Gasteiger partial charge is 0.416 e. The molecule has 0 saturated heterocycles. The first-order valence-corrected chi connectivity index (χ1v) is 7.60. The SMILES string of the molecule is Cc1nnc(SCC(=O)N[C@@H]2c3ccccc3C[C@H]2O)o1. The fourth-order valence-corrected chi connectivity index (χ4v) is 3.04. The molecule has 21 heavy (non-hydrogen) atoms. The van der Waals surface area contributed by atoms with Crippen molar-refractivity contribution in [3.05, 3.63) is 41.3 Å². The van der Waals surface area contributed by atoms with Gasteiger partial charge in [0.25, 0.3) is 5.22 Å². The van der Waals surface area contributed by atoms with Crippen molar-refractivity contribution in [1.82, 2.24) is 15.5 Å². The average molecular weight is 305 g/mol. The van der Waals surface area contributed by atoms with Crippen LogP contribution in [0.4, 0.5) is 0 Å². The van der Waals surface area contributed by atoms with Crippen LogP contribution in [0, 0.1) is 6.92 Å². The number of aromatic nitrogens is 2. The van der Waals surface area contributed by atoms with Gasteiger partial charge in [0.2, 0.25) is 11.8 Å². The zero-order chi connectivity index (χ0) is 14.8. The molecule has 0 saturated carbocycles. The standard InChI is InChI=1S/C14H15N3O3S/c1-8-16-17-14(20-8)21-7-12(19)15-13-10-5-3-2-4-9(10)6-11(13)18/h2-5,11,13,18H,6-7H2,1H3,(H,15,19)/t11-,13-/m1/s1. The number of carbonyl (C=O) groups is 1. The number of fused-ring (bicyclic) bond motifs is 1. The van der Waals surface area contributed by atoms with Gasteiger partial charge < -0.3 is 14.8 Å². The van der Waals surface area contributed by atoms with Crippen LogP contribution in [0.5, 0.6) is 0 Å². The molecule has 1 aliphatic carbocycles. The van der Waals surface area contributed by atoms with Gasteiger partial charge in [-0.3, -0.25) is 4.79 Å². The number of hydrogen-bond donors (Lipinski definition) is 2. The van der Waals surface area contributed by atoms with Gasteiger partial charge in [-0.2, -0.15) is 0 Å². The van der Waals surface area contributed by atoms with Crippen molar-refractivity contribution >= 4 is 17.7 Å². The Morgan fingerprint density at radius 2 is 2.29 bits per heavy atom. The molecule has 7 heteroatoms. The molecule has 0 spiro atoms. The molecule has 110 valence electrons. The summed E-state index contributed by atoms with van der Waals surface area (Å²) >= 11 is 1.18. The molecular weight excluding hydrogens is 290 g/mol. The minimum absolute atomic E-state index is 0.170. The van der Waals surface area contributed by atoms with Crippen LogP contribution in [-0.4, -0.2) is 33.1 Å². The predicted octanol–water partition coefficient (Wildman–Crippen LogP) is 1.24. The molecule has 1 heterocycles. The van der Waals surface area contributed by atoms with Gasteiger partial charge in [-0.1, -0.05) is 36.0 Å². The van der Waals surface area contributed by atoms with Crippen LogP contribution in [0.2, 0.25) is 0 Å². The number of aryl methyl sites for hydroxylation is 1. The van der Waals surface area contributed by atoms with Crippen molar-refractivity contribution in [3.8, 4) is 0 Å². The summed E-state index contributed by atoms with van der Waals surface area (Å²) in [6.07, 6.45) is -0.0149. The molecular formula is C14H15N3O3S. The Labute approximate surface area is 126 Å². The molecule has 0 radical (unpaired) electrons. The molecule has 0 bridgehead atoms. The van der Waals surface area contributed by atoms with E-state index in [1.807, 2.05) is 24.3 Å². The number of nitrogens with zero attached hydrogens (tertiary/aromatic N) is 2. The van der Waals surface area contributed by atoms with Gasteiger partial charge >= 0.3 is 0 Å². The second kappa shape index (κ2) is 5.87. The van der Waals surface area contributed by atoms with E-state index in [1.54, 1.807) is 6.92 Å². The summed E-state index contributed by atoms with van der Waals surface area (Å²) in [5.41, 5.74) is 2.06. The van der Waals surface area contributed by atoms with E-state index in [1.165, 1.54) is 11.8 Å². The van der Waals surface area contributed by atoms with Gasteiger partial charge in [-0.15, -0.1) is 10.2 Å². The summed E-state index contributed by atoms with van der Waals surface area (Å²) in [5.74, 6) is 0.474. The van der Waals surface area contributed by atoms with Crippen LogP contribution < -0.4 is 5.32 Å². The highest BCUT2D eigenvalue weighted by atomic mass is 32.2. The summed E-state index contributed by atoms with van der Waals surface area (Å²) in [4.78, 5) is 12.0. The Morgan fingerprint density at radius 3 is 3.05 bits per heavy atom. The third-order valence-corrected chi connectivity index (χ3v) is 4.17. The van der Waals surface area contributed by atoms with Gasteiger partial charge in [0.05, 0.1) is 17.9 Å². The summed E-state index contributed by atoms with van der Waals surface area (Å²) in [6, 6.07) is 7.40. The van der Waals surface area contributed by atoms with Crippen LogP contribution in [0.1, 0.15) is 23.1 Å². The maximum Gasteiger partial charge on any atom is 0.277 e. The molecule has 2 N–H and O–H groups in total. The molecule has 0 fully saturated rings. The van der Waals surface area contributed by atoms with Crippen molar-refractivity contribution in [3.63, 3.8) is 0 Å². The summed E-state index contributed by atoms with van der Waals surface area (Å²) in [6.45, 7) is 1.70. The molecule has 3 rings (SSSR count). The minimum Gasteiger partial charge on any atom is -0.416 e. The molecule has 1 aromatic heterocycles. The van der Waals surface area contributed by atoms with E-state index in [0.29, 0.717) is 17.5 Å². The minimum atomic E-state index is -0.581. The first kappa shape index (κ1) is 14.1. The normalized spacial score (nSPS) is 20.3. The molecule has 2 aromatic rings. The zero-order valence-corrected chi connectivity index (χ0v) is 12.3. The summed E-state index contributed by atoms with van der Waals surface area (Å²) in [5, 5.41) is 20.8. The number of thioether (sulfide) groups is 1. The van der Waals surface area contributed by atoms with E-state index in [2.05, 4.69) is 15.5 Å².